The van der Waals surface area contributed by atoms with Crippen LogP contribution in [0, 0.1) is 12.7 Å². The van der Waals surface area contributed by atoms with Gasteiger partial charge in [-0.25, -0.2) is 4.39 Å². The van der Waals surface area contributed by atoms with Crippen molar-refractivity contribution < 1.29 is 13.9 Å². The van der Waals surface area contributed by atoms with E-state index in [2.05, 4.69) is 5.32 Å². The normalized spacial score (nSPS) is 20.2. The smallest absolute Gasteiger partial charge is 0.126 e. The Hall–Kier alpha value is -0.970. The van der Waals surface area contributed by atoms with Gasteiger partial charge in [0.1, 0.15) is 5.82 Å². The quantitative estimate of drug-likeness (QED) is 0.909. The van der Waals surface area contributed by atoms with E-state index >= 15 is 0 Å². The molecule has 106 valence electrons. The average molecular weight is 267 g/mol. The number of halogens is 1. The number of ether oxygens (including phenoxy) is 2. The van der Waals surface area contributed by atoms with E-state index in [-0.39, 0.29) is 17.5 Å². The summed E-state index contributed by atoms with van der Waals surface area (Å²) in [5.74, 6) is -0.169. The molecule has 1 aromatic carbocycles. The van der Waals surface area contributed by atoms with Crippen molar-refractivity contribution in [2.45, 2.75) is 31.4 Å². The van der Waals surface area contributed by atoms with Gasteiger partial charge in [-0.1, -0.05) is 12.1 Å². The highest BCUT2D eigenvalue weighted by Gasteiger charge is 2.40. The molecule has 4 heteroatoms. The van der Waals surface area contributed by atoms with Crippen LogP contribution in [-0.2, 0) is 9.47 Å². The van der Waals surface area contributed by atoms with Gasteiger partial charge in [0.2, 0.25) is 0 Å². The minimum absolute atomic E-state index is 0.0423. The second kappa shape index (κ2) is 5.99. The molecule has 1 heterocycles. The summed E-state index contributed by atoms with van der Waals surface area (Å²) in [6, 6.07) is 5.30. The van der Waals surface area contributed by atoms with Crippen molar-refractivity contribution in [1.29, 1.82) is 0 Å². The van der Waals surface area contributed by atoms with Crippen LogP contribution in [0.4, 0.5) is 4.39 Å². The van der Waals surface area contributed by atoms with Crippen LogP contribution in [0.25, 0.3) is 0 Å². The molecule has 1 aliphatic heterocycles. The van der Waals surface area contributed by atoms with Crippen LogP contribution in [0.3, 0.4) is 0 Å². The molecule has 1 N–H and O–H groups in total. The summed E-state index contributed by atoms with van der Waals surface area (Å²) in [5, 5.41) is 3.32. The van der Waals surface area contributed by atoms with Gasteiger partial charge in [-0.3, -0.25) is 0 Å². The standard InChI is InChI=1S/C15H22FNO2/c1-11-10-12(4-5-13(11)16)14(17-2)15(18-3)6-8-19-9-7-15/h4-5,10,14,17H,6-9H2,1-3H3. The zero-order valence-corrected chi connectivity index (χ0v) is 11.8. The van der Waals surface area contributed by atoms with Gasteiger partial charge >= 0.3 is 0 Å². The fourth-order valence-corrected chi connectivity index (χ4v) is 2.91. The number of rotatable bonds is 4. The lowest BCUT2D eigenvalue weighted by Gasteiger charge is -2.42. The van der Waals surface area contributed by atoms with Gasteiger partial charge in [0.25, 0.3) is 0 Å². The predicted molar refractivity (Wildman–Crippen MR) is 72.7 cm³/mol. The Morgan fingerprint density at radius 1 is 1.37 bits per heavy atom. The summed E-state index contributed by atoms with van der Waals surface area (Å²) >= 11 is 0. The van der Waals surface area contributed by atoms with Crippen LogP contribution in [0.1, 0.15) is 30.0 Å². The molecule has 3 nitrogen and oxygen atoms in total. The number of hydrogen-bond acceptors (Lipinski definition) is 3. The number of benzene rings is 1. The third kappa shape index (κ3) is 2.81. The number of nitrogens with one attached hydrogen (secondary N) is 1. The Balaban J connectivity index is 2.33. The Morgan fingerprint density at radius 3 is 2.58 bits per heavy atom. The molecule has 0 bridgehead atoms. The van der Waals surface area contributed by atoms with Gasteiger partial charge in [-0.15, -0.1) is 0 Å². The number of likely N-dealkylation sites (N-methyl/N-ethyl adjacent to an activating group) is 1. The van der Waals surface area contributed by atoms with E-state index in [0.29, 0.717) is 18.8 Å². The highest BCUT2D eigenvalue weighted by molar-refractivity contribution is 5.29. The first-order valence-electron chi connectivity index (χ1n) is 6.69. The van der Waals surface area contributed by atoms with E-state index < -0.39 is 0 Å². The number of methoxy groups -OCH3 is 1. The first-order chi connectivity index (χ1) is 9.13. The van der Waals surface area contributed by atoms with Crippen LogP contribution in [-0.4, -0.2) is 33.0 Å². The van der Waals surface area contributed by atoms with Crippen LogP contribution in [0.2, 0.25) is 0 Å². The van der Waals surface area contributed by atoms with Gasteiger partial charge in [0, 0.05) is 33.2 Å². The maximum absolute atomic E-state index is 13.4. The van der Waals surface area contributed by atoms with Crippen molar-refractivity contribution in [2.24, 2.45) is 0 Å². The lowest BCUT2D eigenvalue weighted by molar-refractivity contribution is -0.110. The summed E-state index contributed by atoms with van der Waals surface area (Å²) in [6.45, 7) is 3.19. The maximum atomic E-state index is 13.4. The monoisotopic (exact) mass is 267 g/mol. The van der Waals surface area contributed by atoms with E-state index in [1.807, 2.05) is 19.2 Å². The van der Waals surface area contributed by atoms with Gasteiger partial charge < -0.3 is 14.8 Å². The maximum Gasteiger partial charge on any atom is 0.126 e. The Morgan fingerprint density at radius 2 is 2.05 bits per heavy atom. The molecule has 0 amide bonds. The zero-order valence-electron chi connectivity index (χ0n) is 11.8. The molecular formula is C15H22FNO2. The highest BCUT2D eigenvalue weighted by atomic mass is 19.1. The largest absolute Gasteiger partial charge is 0.381 e. The van der Waals surface area contributed by atoms with Gasteiger partial charge in [0.05, 0.1) is 11.6 Å². The van der Waals surface area contributed by atoms with E-state index in [1.54, 1.807) is 14.0 Å². The van der Waals surface area contributed by atoms with E-state index in [9.17, 15) is 4.39 Å². The molecule has 1 aliphatic rings. The molecule has 0 aromatic heterocycles. The first kappa shape index (κ1) is 14.4. The fourth-order valence-electron chi connectivity index (χ4n) is 2.91. The van der Waals surface area contributed by atoms with Crippen molar-refractivity contribution in [3.05, 3.63) is 35.1 Å². The summed E-state index contributed by atoms with van der Waals surface area (Å²) in [6.07, 6.45) is 1.68. The molecule has 1 aromatic rings. The molecule has 1 fully saturated rings. The molecule has 2 rings (SSSR count). The SMILES string of the molecule is CNC(c1ccc(F)c(C)c1)C1(OC)CCOCC1. The summed E-state index contributed by atoms with van der Waals surface area (Å²) in [7, 11) is 3.66. The van der Waals surface area contributed by atoms with Gasteiger partial charge in [-0.05, 0) is 31.2 Å². The minimum Gasteiger partial charge on any atom is -0.381 e. The van der Waals surface area contributed by atoms with Crippen molar-refractivity contribution in [3.8, 4) is 0 Å². The number of aryl methyl sites for hydroxylation is 1. The lowest BCUT2D eigenvalue weighted by atomic mass is 9.82. The summed E-state index contributed by atoms with van der Waals surface area (Å²) < 4.78 is 24.7. The zero-order chi connectivity index (χ0) is 13.9. The Kier molecular flexibility index (Phi) is 4.55. The molecule has 1 saturated heterocycles. The van der Waals surface area contributed by atoms with Crippen molar-refractivity contribution in [2.75, 3.05) is 27.4 Å². The molecule has 19 heavy (non-hydrogen) atoms. The van der Waals surface area contributed by atoms with E-state index in [0.717, 1.165) is 18.4 Å². The van der Waals surface area contributed by atoms with Crippen molar-refractivity contribution in [3.63, 3.8) is 0 Å². The van der Waals surface area contributed by atoms with Crippen LogP contribution in [0.15, 0.2) is 18.2 Å². The van der Waals surface area contributed by atoms with Gasteiger partial charge in [0.15, 0.2) is 0 Å². The molecule has 0 aliphatic carbocycles. The third-order valence-electron chi connectivity index (χ3n) is 4.08. The Labute approximate surface area is 114 Å². The first-order valence-corrected chi connectivity index (χ1v) is 6.69. The van der Waals surface area contributed by atoms with Gasteiger partial charge in [-0.2, -0.15) is 0 Å². The third-order valence-corrected chi connectivity index (χ3v) is 4.08. The summed E-state index contributed by atoms with van der Waals surface area (Å²) in [5.41, 5.74) is 1.44. The Bertz CT molecular complexity index is 430. The van der Waals surface area contributed by atoms with E-state index in [1.165, 1.54) is 6.07 Å². The molecule has 1 unspecified atom stereocenters. The molecule has 0 saturated carbocycles. The van der Waals surface area contributed by atoms with Crippen molar-refractivity contribution in [1.82, 2.24) is 5.32 Å². The molecule has 1 atom stereocenters. The van der Waals surface area contributed by atoms with Crippen LogP contribution >= 0.6 is 0 Å². The minimum atomic E-state index is -0.280. The fraction of sp³-hybridized carbons (Fsp3) is 0.600. The second-order valence-electron chi connectivity index (χ2n) is 5.11. The average Bonchev–Trinajstić information content (AvgIpc) is 2.44. The van der Waals surface area contributed by atoms with Crippen molar-refractivity contribution >= 4 is 0 Å². The van der Waals surface area contributed by atoms with Crippen LogP contribution < -0.4 is 5.32 Å². The second-order valence-corrected chi connectivity index (χ2v) is 5.11. The van der Waals surface area contributed by atoms with E-state index in [4.69, 9.17) is 9.47 Å². The molecule has 0 spiro atoms. The topological polar surface area (TPSA) is 30.5 Å². The highest BCUT2D eigenvalue weighted by Crippen LogP contribution is 2.37. The predicted octanol–water partition coefficient (Wildman–Crippen LogP) is 2.59. The lowest BCUT2D eigenvalue weighted by Crippen LogP contribution is -2.48. The molecular weight excluding hydrogens is 245 g/mol. The molecule has 0 radical (unpaired) electrons. The number of hydrogen-bond donors (Lipinski definition) is 1. The summed E-state index contributed by atoms with van der Waals surface area (Å²) in [4.78, 5) is 0. The van der Waals surface area contributed by atoms with Crippen LogP contribution in [0.5, 0.6) is 0 Å².